The van der Waals surface area contributed by atoms with Crippen molar-refractivity contribution in [2.75, 3.05) is 30.7 Å². The monoisotopic (exact) mass is 944 g/mol. The molecule has 0 saturated heterocycles. The zero-order valence-corrected chi connectivity index (χ0v) is 36.7. The van der Waals surface area contributed by atoms with Crippen LogP contribution in [0, 0.1) is 0 Å². The van der Waals surface area contributed by atoms with Crippen LogP contribution in [-0.2, 0) is 9.23 Å². The molecule has 0 bridgehead atoms. The molecule has 4 N–H and O–H groups in total. The third-order valence-corrected chi connectivity index (χ3v) is 7.81. The van der Waals surface area contributed by atoms with Crippen molar-refractivity contribution < 1.29 is 23.7 Å². The second-order valence-electron chi connectivity index (χ2n) is 9.93. The summed E-state index contributed by atoms with van der Waals surface area (Å²) in [5, 5.41) is 12.1. The lowest BCUT2D eigenvalue weighted by Gasteiger charge is -2.13. The summed E-state index contributed by atoms with van der Waals surface area (Å²) in [5.74, 6) is -1.37. The number of hydrogen-bond acceptors (Lipinski definition) is 9. The van der Waals surface area contributed by atoms with Crippen molar-refractivity contribution in [2.45, 2.75) is 20.8 Å². The van der Waals surface area contributed by atoms with Gasteiger partial charge in [-0.15, -0.1) is 0 Å². The van der Waals surface area contributed by atoms with E-state index < -0.39 is 20.4 Å². The third-order valence-electron chi connectivity index (χ3n) is 6.24. The summed E-state index contributed by atoms with van der Waals surface area (Å²) in [7, 11) is 7.36. The van der Waals surface area contributed by atoms with E-state index in [1.165, 1.54) is 56.4 Å². The first-order valence-electron chi connectivity index (χ1n) is 15.8. The summed E-state index contributed by atoms with van der Waals surface area (Å²) < 4.78 is 9.09. The Hall–Kier alpha value is -3.27. The summed E-state index contributed by atoms with van der Waals surface area (Å²) in [6.07, 6.45) is 4.46. The molecule has 0 aliphatic heterocycles. The summed E-state index contributed by atoms with van der Waals surface area (Å²) in [4.78, 5) is 46.1. The Morgan fingerprint density at radius 3 is 1.38 bits per heavy atom. The number of nitrogens with one attached hydrogen (secondary N) is 1. The van der Waals surface area contributed by atoms with Gasteiger partial charge >= 0.3 is 5.97 Å². The number of nitrogens with two attached hydrogens (primary N) is 1. The first-order chi connectivity index (χ1) is 26.5. The maximum Gasteiger partial charge on any atom is 0.338 e. The average Bonchev–Trinajstić information content (AvgIpc) is 3.13. The molecule has 0 spiro atoms. The van der Waals surface area contributed by atoms with Crippen molar-refractivity contribution in [1.82, 2.24) is 19.9 Å². The Morgan fingerprint density at radius 2 is 1.09 bits per heavy atom. The molecule has 2 aromatic carbocycles. The van der Waals surface area contributed by atoms with Crippen molar-refractivity contribution in [3.8, 4) is 0 Å². The van der Waals surface area contributed by atoms with Gasteiger partial charge in [0.2, 0.25) is 9.23 Å². The molecule has 11 nitrogen and oxygen atoms in total. The number of rotatable bonds is 7. The Kier molecular flexibility index (Phi) is 29.0. The van der Waals surface area contributed by atoms with Gasteiger partial charge in [-0.25, -0.2) is 24.0 Å². The fourth-order valence-corrected chi connectivity index (χ4v) is 4.78. The average molecular weight is 948 g/mol. The van der Waals surface area contributed by atoms with Crippen LogP contribution < -0.4 is 11.1 Å². The Balaban J connectivity index is 0.000000684. The third kappa shape index (κ3) is 24.4. The molecule has 3 aromatic heterocycles. The number of carboxylic acid groups (broad SMARTS) is 1. The van der Waals surface area contributed by atoms with Crippen molar-refractivity contribution in [1.29, 1.82) is 0 Å². The molecular formula is C36H36Cl8N6O5S. The van der Waals surface area contributed by atoms with Gasteiger partial charge in [-0.2, -0.15) is 0 Å². The van der Waals surface area contributed by atoms with Gasteiger partial charge in [-0.1, -0.05) is 90.9 Å². The van der Waals surface area contributed by atoms with Crippen molar-refractivity contribution in [3.63, 3.8) is 0 Å². The first kappa shape index (κ1) is 52.7. The molecule has 302 valence electrons. The van der Waals surface area contributed by atoms with Gasteiger partial charge in [0.15, 0.2) is 0 Å². The number of anilines is 2. The molecule has 0 radical (unpaired) electrons. The van der Waals surface area contributed by atoms with Crippen LogP contribution in [0.2, 0.25) is 25.5 Å². The standard InChI is InChI=1S/C12H8Cl2N2O.C6H3Cl2NO.C6H4ClNO2.C6H6ClN.C6H15N.Cl2OS/c13-8-3-1-4-9(7-8)16-12(17)10-5-2-6-15-11(10)14;7-5-4(6(8)10)2-1-3-9-5;7-5-4(6(9)10)2-1-3-8-5;7-5-2-1-3-6(8)4-5;1-4-7(5-2)6-3;1-4(2)3/h1-7H,(H,16,17);1-3H;1-3H,(H,9,10);1-4H,8H2;4-6H2,1-3H3;. The second kappa shape index (κ2) is 30.8. The highest BCUT2D eigenvalue weighted by molar-refractivity contribution is 8.26. The smallest absolute Gasteiger partial charge is 0.338 e. The molecular weight excluding hydrogens is 912 g/mol. The van der Waals surface area contributed by atoms with Crippen molar-refractivity contribution in [3.05, 3.63) is 146 Å². The Labute approximate surface area is 366 Å². The van der Waals surface area contributed by atoms with E-state index >= 15 is 0 Å². The van der Waals surface area contributed by atoms with E-state index in [2.05, 4.69) is 67.3 Å². The Bertz CT molecular complexity index is 1900. The van der Waals surface area contributed by atoms with E-state index in [-0.39, 0.29) is 32.5 Å². The second-order valence-corrected chi connectivity index (χ2v) is 14.7. The minimum Gasteiger partial charge on any atom is -0.478 e. The van der Waals surface area contributed by atoms with Gasteiger partial charge in [0.1, 0.15) is 15.5 Å². The molecule has 0 unspecified atom stereocenters. The van der Waals surface area contributed by atoms with E-state index in [0.29, 0.717) is 27.0 Å². The van der Waals surface area contributed by atoms with Gasteiger partial charge in [0.25, 0.3) is 11.1 Å². The molecule has 0 atom stereocenters. The minimum atomic E-state index is -1.67. The lowest BCUT2D eigenvalue weighted by atomic mass is 10.2. The fraction of sp³-hybridized carbons (Fsp3) is 0.167. The van der Waals surface area contributed by atoms with Gasteiger partial charge in [0, 0.05) is 61.4 Å². The number of carbonyl (C=O) groups excluding carboxylic acids is 2. The predicted octanol–water partition coefficient (Wildman–Crippen LogP) is 11.5. The van der Waals surface area contributed by atoms with Crippen LogP contribution in [0.25, 0.3) is 0 Å². The molecule has 0 aliphatic carbocycles. The van der Waals surface area contributed by atoms with Crippen LogP contribution in [0.1, 0.15) is 51.8 Å². The molecule has 20 heteroatoms. The summed E-state index contributed by atoms with van der Waals surface area (Å²) in [5.41, 5.74) is 7.29. The Morgan fingerprint density at radius 1 is 0.679 bits per heavy atom. The van der Waals surface area contributed by atoms with Gasteiger partial charge in [-0.3, -0.25) is 9.59 Å². The molecule has 0 aliphatic rings. The van der Waals surface area contributed by atoms with E-state index in [0.717, 1.165) is 0 Å². The van der Waals surface area contributed by atoms with Crippen LogP contribution in [0.4, 0.5) is 11.4 Å². The molecule has 0 fully saturated rings. The number of amides is 1. The van der Waals surface area contributed by atoms with Gasteiger partial charge in [0.05, 0.1) is 16.7 Å². The number of nitrogen functional groups attached to an aromatic ring is 1. The van der Waals surface area contributed by atoms with Gasteiger partial charge < -0.3 is 21.1 Å². The molecule has 3 heterocycles. The normalized spacial score (nSPS) is 9.59. The number of halogens is 8. The zero-order valence-electron chi connectivity index (χ0n) is 29.8. The van der Waals surface area contributed by atoms with Crippen LogP contribution in [-0.4, -0.2) is 65.9 Å². The maximum absolute atomic E-state index is 11.9. The van der Waals surface area contributed by atoms with Crippen LogP contribution in [0.3, 0.4) is 0 Å². The van der Waals surface area contributed by atoms with Crippen molar-refractivity contribution >= 4 is 129 Å². The largest absolute Gasteiger partial charge is 0.478 e. The first-order valence-corrected chi connectivity index (χ1v) is 20.8. The zero-order chi connectivity index (χ0) is 42.6. The summed E-state index contributed by atoms with van der Waals surface area (Å²) in [6.45, 7) is 10.1. The minimum absolute atomic E-state index is 0.0231. The maximum atomic E-state index is 11.9. The van der Waals surface area contributed by atoms with E-state index in [1.807, 2.05) is 6.07 Å². The highest BCUT2D eigenvalue weighted by Crippen LogP contribution is 2.18. The number of benzene rings is 2. The molecule has 5 rings (SSSR count). The van der Waals surface area contributed by atoms with Crippen molar-refractivity contribution in [2.24, 2.45) is 0 Å². The lowest BCUT2D eigenvalue weighted by Crippen LogP contribution is -2.21. The predicted molar refractivity (Wildman–Crippen MR) is 233 cm³/mol. The lowest BCUT2D eigenvalue weighted by molar-refractivity contribution is 0.0696. The van der Waals surface area contributed by atoms with Crippen LogP contribution in [0.15, 0.2) is 104 Å². The highest BCUT2D eigenvalue weighted by atomic mass is 36.0. The molecule has 0 saturated carbocycles. The summed E-state index contributed by atoms with van der Waals surface area (Å²) in [6, 6.07) is 23.3. The molecule has 5 aromatic rings. The molecule has 1 amide bonds. The van der Waals surface area contributed by atoms with E-state index in [1.54, 1.807) is 60.7 Å². The fourth-order valence-electron chi connectivity index (χ4n) is 3.58. The number of pyridine rings is 3. The van der Waals surface area contributed by atoms with E-state index in [4.69, 9.17) is 84.7 Å². The van der Waals surface area contributed by atoms with Crippen LogP contribution in [0.5, 0.6) is 0 Å². The number of carboxylic acids is 1. The topological polar surface area (TPSA) is 168 Å². The SMILES string of the molecule is CCN(CC)CC.Nc1cccc(Cl)c1.O=C(Cl)c1cccnc1Cl.O=C(Nc1cccc(Cl)c1)c1cccnc1Cl.O=C(O)c1cccnc1Cl.O=S(Cl)Cl. The number of carbonyl (C=O) groups is 3. The quantitative estimate of drug-likeness (QED) is 0.0811. The number of aromatic carboxylic acids is 1. The number of hydrogen-bond donors (Lipinski definition) is 3. The number of nitrogens with zero attached hydrogens (tertiary/aromatic N) is 4. The van der Waals surface area contributed by atoms with Crippen LogP contribution >= 0.6 is 91.0 Å². The van der Waals surface area contributed by atoms with Gasteiger partial charge in [-0.05, 0) is 104 Å². The molecule has 56 heavy (non-hydrogen) atoms. The number of aromatic nitrogens is 3. The summed E-state index contributed by atoms with van der Waals surface area (Å²) >= 11 is 33.3. The highest BCUT2D eigenvalue weighted by Gasteiger charge is 2.11. The van der Waals surface area contributed by atoms with E-state index in [9.17, 15) is 14.4 Å².